The van der Waals surface area contributed by atoms with E-state index in [0.29, 0.717) is 12.0 Å². The lowest BCUT2D eigenvalue weighted by Gasteiger charge is -2.38. The van der Waals surface area contributed by atoms with Crippen molar-refractivity contribution in [3.05, 3.63) is 29.8 Å². The minimum absolute atomic E-state index is 0. The first-order valence-electron chi connectivity index (χ1n) is 8.23. The maximum absolute atomic E-state index is 12.3. The molecule has 1 atom stereocenters. The number of nitrogens with one attached hydrogen (secondary N) is 1. The normalized spacial score (nSPS) is 21.2. The van der Waals surface area contributed by atoms with E-state index >= 15 is 0 Å². The molecule has 3 rings (SSSR count). The minimum atomic E-state index is -2.76. The van der Waals surface area contributed by atoms with E-state index in [0.717, 1.165) is 26.2 Å². The third-order valence-electron chi connectivity index (χ3n) is 4.84. The Labute approximate surface area is 142 Å². The summed E-state index contributed by atoms with van der Waals surface area (Å²) in [6, 6.07) is 7.67. The molecular formula is C17H25ClF2N2O. The summed E-state index contributed by atoms with van der Waals surface area (Å²) in [6.07, 6.45) is 5.15. The lowest BCUT2D eigenvalue weighted by molar-refractivity contribution is -0.0498. The molecule has 0 aromatic heterocycles. The number of ether oxygens (including phenoxy) is 1. The second kappa shape index (κ2) is 8.81. The molecule has 1 aromatic rings. The van der Waals surface area contributed by atoms with Gasteiger partial charge >= 0.3 is 6.61 Å². The van der Waals surface area contributed by atoms with Crippen LogP contribution in [0.15, 0.2) is 24.3 Å². The summed E-state index contributed by atoms with van der Waals surface area (Å²) >= 11 is 0. The topological polar surface area (TPSA) is 24.5 Å². The number of halogens is 3. The SMILES string of the molecule is Cl.FC(F)Oc1ccc([C@H](C2CCCC2)N2CCNCC2)cc1. The third-order valence-corrected chi connectivity index (χ3v) is 4.84. The number of alkyl halides is 2. The Morgan fingerprint density at radius 1 is 1.04 bits per heavy atom. The molecule has 0 radical (unpaired) electrons. The fraction of sp³-hybridized carbons (Fsp3) is 0.647. The molecule has 1 aliphatic heterocycles. The van der Waals surface area contributed by atoms with Gasteiger partial charge in [0, 0.05) is 32.2 Å². The molecule has 1 aliphatic carbocycles. The van der Waals surface area contributed by atoms with E-state index in [1.54, 1.807) is 12.1 Å². The van der Waals surface area contributed by atoms with Gasteiger partial charge in [0.25, 0.3) is 0 Å². The van der Waals surface area contributed by atoms with Gasteiger partial charge in [0.2, 0.25) is 0 Å². The van der Waals surface area contributed by atoms with E-state index in [1.165, 1.54) is 31.2 Å². The van der Waals surface area contributed by atoms with Crippen LogP contribution < -0.4 is 10.1 Å². The Bertz CT molecular complexity index is 460. The first-order valence-corrected chi connectivity index (χ1v) is 8.23. The Morgan fingerprint density at radius 3 is 2.22 bits per heavy atom. The largest absolute Gasteiger partial charge is 0.435 e. The molecular weight excluding hydrogens is 322 g/mol. The molecule has 1 aromatic carbocycles. The first kappa shape index (κ1) is 18.4. The molecule has 0 spiro atoms. The maximum Gasteiger partial charge on any atom is 0.387 e. The molecule has 0 bridgehead atoms. The zero-order chi connectivity index (χ0) is 15.4. The summed E-state index contributed by atoms with van der Waals surface area (Å²) in [5.41, 5.74) is 1.23. The average molecular weight is 347 g/mol. The standard InChI is InChI=1S/C17H24F2N2O.ClH/c18-17(19)22-15-7-5-14(6-8-15)16(13-3-1-2-4-13)21-11-9-20-10-12-21;/h5-8,13,16-17,20H,1-4,9-12H2;1H/t16-;/m0./s1. The van der Waals surface area contributed by atoms with Crippen molar-refractivity contribution in [3.8, 4) is 5.75 Å². The first-order chi connectivity index (χ1) is 10.7. The van der Waals surface area contributed by atoms with Crippen molar-refractivity contribution in [3.63, 3.8) is 0 Å². The van der Waals surface area contributed by atoms with Crippen LogP contribution in [0.4, 0.5) is 8.78 Å². The van der Waals surface area contributed by atoms with Crippen LogP contribution in [-0.2, 0) is 0 Å². The Balaban J connectivity index is 0.00000192. The molecule has 3 nitrogen and oxygen atoms in total. The van der Waals surface area contributed by atoms with Crippen LogP contribution in [0.1, 0.15) is 37.3 Å². The van der Waals surface area contributed by atoms with Gasteiger partial charge < -0.3 is 10.1 Å². The molecule has 6 heteroatoms. The summed E-state index contributed by atoms with van der Waals surface area (Å²) in [5.74, 6) is 0.921. The van der Waals surface area contributed by atoms with Crippen molar-refractivity contribution in [2.45, 2.75) is 38.3 Å². The molecule has 1 saturated heterocycles. The number of nitrogens with zero attached hydrogens (tertiary/aromatic N) is 1. The fourth-order valence-corrected chi connectivity index (χ4v) is 3.86. The maximum atomic E-state index is 12.3. The highest BCUT2D eigenvalue weighted by atomic mass is 35.5. The molecule has 1 N–H and O–H groups in total. The van der Waals surface area contributed by atoms with Crippen molar-refractivity contribution in [1.82, 2.24) is 10.2 Å². The van der Waals surface area contributed by atoms with E-state index in [9.17, 15) is 8.78 Å². The van der Waals surface area contributed by atoms with Crippen LogP contribution in [0.25, 0.3) is 0 Å². The van der Waals surface area contributed by atoms with Crippen LogP contribution in [0.2, 0.25) is 0 Å². The van der Waals surface area contributed by atoms with Gasteiger partial charge in [-0.1, -0.05) is 25.0 Å². The van der Waals surface area contributed by atoms with Gasteiger partial charge in [-0.05, 0) is 36.5 Å². The molecule has 1 heterocycles. The van der Waals surface area contributed by atoms with E-state index in [2.05, 4.69) is 15.0 Å². The number of rotatable bonds is 5. The predicted octanol–water partition coefficient (Wildman–Crippen LogP) is 3.85. The van der Waals surface area contributed by atoms with Crippen molar-refractivity contribution >= 4 is 12.4 Å². The van der Waals surface area contributed by atoms with Crippen molar-refractivity contribution in [2.75, 3.05) is 26.2 Å². The molecule has 130 valence electrons. The van der Waals surface area contributed by atoms with Crippen molar-refractivity contribution in [1.29, 1.82) is 0 Å². The van der Waals surface area contributed by atoms with E-state index in [-0.39, 0.29) is 18.2 Å². The second-order valence-electron chi connectivity index (χ2n) is 6.22. The van der Waals surface area contributed by atoms with Gasteiger partial charge in [-0.2, -0.15) is 8.78 Å². The summed E-state index contributed by atoms with van der Waals surface area (Å²) in [5, 5.41) is 3.40. The number of piperazine rings is 1. The van der Waals surface area contributed by atoms with Crippen molar-refractivity contribution < 1.29 is 13.5 Å². The van der Waals surface area contributed by atoms with Gasteiger partial charge in [0.15, 0.2) is 0 Å². The zero-order valence-electron chi connectivity index (χ0n) is 13.2. The lowest BCUT2D eigenvalue weighted by atomic mass is 9.89. The van der Waals surface area contributed by atoms with Crippen LogP contribution in [0.5, 0.6) is 5.75 Å². The third kappa shape index (κ3) is 4.78. The molecule has 2 fully saturated rings. The molecule has 23 heavy (non-hydrogen) atoms. The lowest BCUT2D eigenvalue weighted by Crippen LogP contribution is -2.46. The highest BCUT2D eigenvalue weighted by molar-refractivity contribution is 5.85. The summed E-state index contributed by atoms with van der Waals surface area (Å²) in [4.78, 5) is 2.55. The van der Waals surface area contributed by atoms with Gasteiger partial charge in [-0.25, -0.2) is 0 Å². The van der Waals surface area contributed by atoms with Crippen LogP contribution >= 0.6 is 12.4 Å². The number of benzene rings is 1. The molecule has 2 aliphatic rings. The fourth-order valence-electron chi connectivity index (χ4n) is 3.86. The van der Waals surface area contributed by atoms with Crippen LogP contribution in [0.3, 0.4) is 0 Å². The Kier molecular flexibility index (Phi) is 7.06. The van der Waals surface area contributed by atoms with E-state index < -0.39 is 6.61 Å². The van der Waals surface area contributed by atoms with Gasteiger partial charge in [-0.3, -0.25) is 4.90 Å². The monoisotopic (exact) mass is 346 g/mol. The number of hydrogen-bond donors (Lipinski definition) is 1. The van der Waals surface area contributed by atoms with Gasteiger partial charge in [0.1, 0.15) is 5.75 Å². The average Bonchev–Trinajstić information content (AvgIpc) is 3.04. The zero-order valence-corrected chi connectivity index (χ0v) is 14.0. The molecule has 0 amide bonds. The highest BCUT2D eigenvalue weighted by Crippen LogP contribution is 2.40. The van der Waals surface area contributed by atoms with Gasteiger partial charge in [-0.15, -0.1) is 12.4 Å². The minimum Gasteiger partial charge on any atom is -0.435 e. The van der Waals surface area contributed by atoms with E-state index in [4.69, 9.17) is 0 Å². The summed E-state index contributed by atoms with van der Waals surface area (Å²) < 4.78 is 29.0. The Hall–Kier alpha value is -0.910. The van der Waals surface area contributed by atoms with E-state index in [1.807, 2.05) is 12.1 Å². The van der Waals surface area contributed by atoms with Gasteiger partial charge in [0.05, 0.1) is 0 Å². The highest BCUT2D eigenvalue weighted by Gasteiger charge is 2.31. The molecule has 1 saturated carbocycles. The smallest absolute Gasteiger partial charge is 0.387 e. The summed E-state index contributed by atoms with van der Waals surface area (Å²) in [6.45, 7) is 1.39. The van der Waals surface area contributed by atoms with Crippen LogP contribution in [0, 0.1) is 5.92 Å². The predicted molar refractivity (Wildman–Crippen MR) is 89.5 cm³/mol. The number of hydrogen-bond acceptors (Lipinski definition) is 3. The van der Waals surface area contributed by atoms with Crippen LogP contribution in [-0.4, -0.2) is 37.7 Å². The molecule has 0 unspecified atom stereocenters. The summed E-state index contributed by atoms with van der Waals surface area (Å²) in [7, 11) is 0. The second-order valence-corrected chi connectivity index (χ2v) is 6.22. The van der Waals surface area contributed by atoms with Crippen molar-refractivity contribution in [2.24, 2.45) is 5.92 Å². The Morgan fingerprint density at radius 2 is 1.65 bits per heavy atom. The quantitative estimate of drug-likeness (QED) is 0.876.